The van der Waals surface area contributed by atoms with Gasteiger partial charge in [-0.25, -0.2) is 0 Å². The summed E-state index contributed by atoms with van der Waals surface area (Å²) in [5, 5.41) is 9.69. The summed E-state index contributed by atoms with van der Waals surface area (Å²) in [7, 11) is 2.02. The summed E-state index contributed by atoms with van der Waals surface area (Å²) in [5.41, 5.74) is 0.314. The Hall–Kier alpha value is -1.98. The van der Waals surface area contributed by atoms with Crippen molar-refractivity contribution in [3.63, 3.8) is 0 Å². The number of hydrogen-bond donors (Lipinski definition) is 0. The topological polar surface area (TPSA) is 49.7 Å². The van der Waals surface area contributed by atoms with Crippen LogP contribution in [0.15, 0.2) is 29.4 Å². The molecule has 3 saturated heterocycles. The van der Waals surface area contributed by atoms with E-state index in [4.69, 9.17) is 4.74 Å². The van der Waals surface area contributed by atoms with Crippen LogP contribution in [0.5, 0.6) is 0 Å². The van der Waals surface area contributed by atoms with Gasteiger partial charge >= 0.3 is 6.18 Å². The first-order chi connectivity index (χ1) is 16.4. The molecule has 0 bridgehead atoms. The maximum Gasteiger partial charge on any atom is 0.416 e. The summed E-state index contributed by atoms with van der Waals surface area (Å²) in [6.07, 6.45) is -2.13. The van der Waals surface area contributed by atoms with Gasteiger partial charge < -0.3 is 19.4 Å². The van der Waals surface area contributed by atoms with Crippen LogP contribution in [0.3, 0.4) is 0 Å². The average molecular weight is 497 g/mol. The Morgan fingerprint density at radius 1 is 1.06 bits per heavy atom. The summed E-state index contributed by atoms with van der Waals surface area (Å²) in [5.74, 6) is 2.47. The molecule has 11 heteroatoms. The van der Waals surface area contributed by atoms with E-state index in [1.54, 1.807) is 23.9 Å². The molecule has 0 spiro atoms. The van der Waals surface area contributed by atoms with Gasteiger partial charge in [0, 0.05) is 57.3 Å². The highest BCUT2D eigenvalue weighted by Gasteiger charge is 2.41. The first-order valence-electron chi connectivity index (χ1n) is 11.9. The Kier molecular flexibility index (Phi) is 6.95. The van der Waals surface area contributed by atoms with Crippen molar-refractivity contribution in [1.29, 1.82) is 0 Å². The highest BCUT2D eigenvalue weighted by atomic mass is 32.2. The van der Waals surface area contributed by atoms with Gasteiger partial charge in [0.1, 0.15) is 0 Å². The molecule has 34 heavy (non-hydrogen) atoms. The van der Waals surface area contributed by atoms with Crippen LogP contribution in [0, 0.1) is 5.92 Å². The van der Waals surface area contributed by atoms with Crippen LogP contribution >= 0.6 is 11.8 Å². The fourth-order valence-corrected chi connectivity index (χ4v) is 6.15. The van der Waals surface area contributed by atoms with E-state index in [1.165, 1.54) is 12.1 Å². The molecule has 0 radical (unpaired) electrons. The second-order valence-electron chi connectivity index (χ2n) is 9.26. The Morgan fingerprint density at radius 2 is 1.82 bits per heavy atom. The van der Waals surface area contributed by atoms with Crippen LogP contribution in [-0.2, 0) is 18.0 Å². The van der Waals surface area contributed by atoms with Crippen LogP contribution in [-0.4, -0.2) is 83.9 Å². The molecule has 2 atom stereocenters. The highest BCUT2D eigenvalue weighted by molar-refractivity contribution is 7.99. The van der Waals surface area contributed by atoms with Crippen molar-refractivity contribution in [2.45, 2.75) is 30.2 Å². The van der Waals surface area contributed by atoms with Gasteiger partial charge in [-0.3, -0.25) is 4.57 Å². The number of likely N-dealkylation sites (tertiary alicyclic amines) is 1. The molecule has 0 N–H and O–H groups in total. The molecular formula is C23H31F3N6OS. The monoisotopic (exact) mass is 496 g/mol. The molecule has 3 fully saturated rings. The van der Waals surface area contributed by atoms with E-state index in [-0.39, 0.29) is 0 Å². The van der Waals surface area contributed by atoms with Gasteiger partial charge in [-0.15, -0.1) is 10.2 Å². The number of fused-ring (bicyclic) bond motifs is 1. The van der Waals surface area contributed by atoms with Crippen molar-refractivity contribution in [3.8, 4) is 0 Å². The summed E-state index contributed by atoms with van der Waals surface area (Å²) >= 11 is 1.74. The van der Waals surface area contributed by atoms with E-state index in [0.717, 1.165) is 87.9 Å². The number of hydrogen-bond acceptors (Lipinski definition) is 7. The molecule has 7 nitrogen and oxygen atoms in total. The van der Waals surface area contributed by atoms with E-state index < -0.39 is 11.7 Å². The van der Waals surface area contributed by atoms with Gasteiger partial charge in [0.05, 0.1) is 18.8 Å². The van der Waals surface area contributed by atoms with Gasteiger partial charge in [0.15, 0.2) is 5.16 Å². The number of rotatable bonds is 7. The van der Waals surface area contributed by atoms with Crippen molar-refractivity contribution >= 4 is 23.4 Å². The van der Waals surface area contributed by atoms with Crippen LogP contribution < -0.4 is 9.80 Å². The molecule has 5 rings (SSSR count). The quantitative estimate of drug-likeness (QED) is 0.430. The lowest BCUT2D eigenvalue weighted by atomic mass is 10.0. The lowest BCUT2D eigenvalue weighted by Gasteiger charge is -2.27. The molecule has 0 aliphatic carbocycles. The van der Waals surface area contributed by atoms with E-state index in [9.17, 15) is 13.2 Å². The Balaban J connectivity index is 1.09. The fraction of sp³-hybridized carbons (Fsp3) is 0.652. The number of nitrogens with zero attached hydrogens (tertiary/aromatic N) is 6. The van der Waals surface area contributed by atoms with Crippen molar-refractivity contribution in [2.75, 3.05) is 68.0 Å². The Bertz CT molecular complexity index is 963. The molecular weight excluding hydrogens is 465 g/mol. The van der Waals surface area contributed by atoms with Crippen LogP contribution in [0.25, 0.3) is 0 Å². The van der Waals surface area contributed by atoms with Gasteiger partial charge in [0.2, 0.25) is 5.95 Å². The predicted octanol–water partition coefficient (Wildman–Crippen LogP) is 3.36. The number of thioether (sulfide) groups is 1. The first kappa shape index (κ1) is 23.7. The van der Waals surface area contributed by atoms with Crippen LogP contribution in [0.4, 0.5) is 24.8 Å². The second kappa shape index (κ2) is 9.94. The number of halogens is 3. The molecule has 0 amide bonds. The number of alkyl halides is 3. The average Bonchev–Trinajstić information content (AvgIpc) is 3.51. The van der Waals surface area contributed by atoms with Crippen molar-refractivity contribution in [1.82, 2.24) is 19.7 Å². The second-order valence-corrected chi connectivity index (χ2v) is 10.3. The minimum Gasteiger partial charge on any atom is -0.378 e. The van der Waals surface area contributed by atoms with Gasteiger partial charge in [0.25, 0.3) is 0 Å². The Labute approximate surface area is 202 Å². The Morgan fingerprint density at radius 3 is 2.56 bits per heavy atom. The number of benzene rings is 1. The number of morpholine rings is 1. The molecule has 2 aromatic rings. The summed E-state index contributed by atoms with van der Waals surface area (Å²) in [6, 6.07) is 6.03. The highest BCUT2D eigenvalue weighted by Crippen LogP contribution is 2.37. The number of anilines is 2. The van der Waals surface area contributed by atoms with Crippen LogP contribution in [0.1, 0.15) is 18.4 Å². The molecule has 186 valence electrons. The predicted molar refractivity (Wildman–Crippen MR) is 127 cm³/mol. The van der Waals surface area contributed by atoms with Gasteiger partial charge in [-0.05, 0) is 49.6 Å². The normalized spacial score (nSPS) is 23.6. The van der Waals surface area contributed by atoms with Crippen molar-refractivity contribution in [3.05, 3.63) is 29.8 Å². The third-order valence-corrected chi connectivity index (χ3v) is 8.21. The van der Waals surface area contributed by atoms with E-state index in [0.29, 0.717) is 12.0 Å². The summed E-state index contributed by atoms with van der Waals surface area (Å²) in [6.45, 7) is 7.12. The molecule has 2 unspecified atom stereocenters. The molecule has 4 heterocycles. The number of aromatic nitrogens is 3. The third kappa shape index (κ3) is 5.01. The zero-order chi connectivity index (χ0) is 23.7. The molecule has 1 aromatic heterocycles. The van der Waals surface area contributed by atoms with Crippen molar-refractivity contribution < 1.29 is 17.9 Å². The standard InChI is InChI=1S/C23H31F3N6OS/c1-29-21(31-10-12-33-13-11-31)27-28-22(29)34-14-2-8-30-15-17-7-9-32(20(17)16-30)19-5-3-18(4-6-19)23(24,25)26/h3-6,17,20H,2,7-16H2,1H3. The summed E-state index contributed by atoms with van der Waals surface area (Å²) in [4.78, 5) is 7.01. The lowest BCUT2D eigenvalue weighted by Crippen LogP contribution is -2.37. The van der Waals surface area contributed by atoms with Gasteiger partial charge in [-0.1, -0.05) is 11.8 Å². The third-order valence-electron chi connectivity index (χ3n) is 7.11. The zero-order valence-corrected chi connectivity index (χ0v) is 20.2. The molecule has 1 aromatic carbocycles. The maximum atomic E-state index is 12.9. The zero-order valence-electron chi connectivity index (χ0n) is 19.4. The minimum atomic E-state index is -4.29. The molecule has 3 aliphatic rings. The molecule has 3 aliphatic heterocycles. The van der Waals surface area contributed by atoms with E-state index in [2.05, 4.69) is 29.5 Å². The number of ether oxygens (including phenoxy) is 1. The van der Waals surface area contributed by atoms with Gasteiger partial charge in [-0.2, -0.15) is 13.2 Å². The van der Waals surface area contributed by atoms with E-state index in [1.807, 2.05) is 7.05 Å². The minimum absolute atomic E-state index is 0.388. The van der Waals surface area contributed by atoms with Crippen molar-refractivity contribution in [2.24, 2.45) is 13.0 Å². The maximum absolute atomic E-state index is 12.9. The summed E-state index contributed by atoms with van der Waals surface area (Å²) < 4.78 is 46.2. The van der Waals surface area contributed by atoms with Crippen LogP contribution in [0.2, 0.25) is 0 Å². The smallest absolute Gasteiger partial charge is 0.378 e. The lowest BCUT2D eigenvalue weighted by molar-refractivity contribution is -0.137. The van der Waals surface area contributed by atoms with E-state index >= 15 is 0 Å². The molecule has 0 saturated carbocycles. The fourth-order valence-electron chi connectivity index (χ4n) is 5.32. The first-order valence-corrected chi connectivity index (χ1v) is 12.9. The largest absolute Gasteiger partial charge is 0.416 e. The SMILES string of the molecule is Cn1c(SCCCN2CC3CCN(c4ccc(C(F)(F)F)cc4)C3C2)nnc1N1CCOCC1.